The molecule has 29 heavy (non-hydrogen) atoms. The zero-order valence-corrected chi connectivity index (χ0v) is 15.5. The maximum absolute atomic E-state index is 14.4. The number of hydrogen-bond acceptors (Lipinski definition) is 1. The second-order valence-electron chi connectivity index (χ2n) is 7.37. The molecule has 0 aromatic heterocycles. The summed E-state index contributed by atoms with van der Waals surface area (Å²) < 4.78 is 82.1. The van der Waals surface area contributed by atoms with Crippen LogP contribution in [0.3, 0.4) is 0 Å². The van der Waals surface area contributed by atoms with Crippen molar-refractivity contribution < 1.29 is 31.1 Å². The largest absolute Gasteiger partial charge is 0.573 e. The first-order valence-electron chi connectivity index (χ1n) is 9.08. The van der Waals surface area contributed by atoms with Gasteiger partial charge in [-0.05, 0) is 74.4 Å². The Morgan fingerprint density at radius 3 is 2.24 bits per heavy atom. The Bertz CT molecular complexity index is 942. The zero-order valence-electron chi connectivity index (χ0n) is 15.5. The van der Waals surface area contributed by atoms with E-state index in [4.69, 9.17) is 0 Å². The molecule has 0 aliphatic heterocycles. The molecule has 0 atom stereocenters. The molecule has 1 nitrogen and oxygen atoms in total. The van der Waals surface area contributed by atoms with Gasteiger partial charge in [-0.15, -0.1) is 13.2 Å². The van der Waals surface area contributed by atoms with Gasteiger partial charge in [-0.25, -0.2) is 13.2 Å². The number of alkyl halides is 4. The van der Waals surface area contributed by atoms with Gasteiger partial charge in [-0.3, -0.25) is 0 Å². The highest BCUT2D eigenvalue weighted by Gasteiger charge is 2.32. The molecule has 0 unspecified atom stereocenters. The molecule has 2 aromatic rings. The van der Waals surface area contributed by atoms with E-state index in [2.05, 4.69) is 16.6 Å². The van der Waals surface area contributed by atoms with Gasteiger partial charge in [0, 0.05) is 5.56 Å². The van der Waals surface area contributed by atoms with Crippen LogP contribution in [0.5, 0.6) is 5.75 Å². The smallest absolute Gasteiger partial charge is 0.403 e. The predicted octanol–water partition coefficient (Wildman–Crippen LogP) is 6.65. The van der Waals surface area contributed by atoms with Gasteiger partial charge in [0.2, 0.25) is 0 Å². The van der Waals surface area contributed by atoms with E-state index >= 15 is 0 Å². The zero-order chi connectivity index (χ0) is 21.2. The molecule has 0 radical (unpaired) electrons. The highest BCUT2D eigenvalue weighted by Crippen LogP contribution is 2.40. The molecular formula is C22H18F6O. The SMILES string of the molecule is CC1(F)CCC(c2ccc(C#Cc3ccc(OC(F)(F)F)c(F)c3)c(F)c2)CC1. The number of hydrogen-bond donors (Lipinski definition) is 0. The van der Waals surface area contributed by atoms with Crippen LogP contribution in [0.25, 0.3) is 0 Å². The van der Waals surface area contributed by atoms with Gasteiger partial charge >= 0.3 is 6.36 Å². The lowest BCUT2D eigenvalue weighted by atomic mass is 9.78. The van der Waals surface area contributed by atoms with E-state index in [-0.39, 0.29) is 17.0 Å². The summed E-state index contributed by atoms with van der Waals surface area (Å²) >= 11 is 0. The topological polar surface area (TPSA) is 9.23 Å². The molecule has 7 heteroatoms. The molecule has 1 aliphatic rings. The third kappa shape index (κ3) is 5.69. The maximum Gasteiger partial charge on any atom is 0.573 e. The van der Waals surface area contributed by atoms with Crippen molar-refractivity contribution in [1.29, 1.82) is 0 Å². The Hall–Kier alpha value is -2.62. The van der Waals surface area contributed by atoms with E-state index in [0.29, 0.717) is 25.7 Å². The molecule has 154 valence electrons. The van der Waals surface area contributed by atoms with E-state index in [1.807, 2.05) is 0 Å². The van der Waals surface area contributed by atoms with E-state index in [9.17, 15) is 26.3 Å². The van der Waals surface area contributed by atoms with Crippen molar-refractivity contribution in [1.82, 2.24) is 0 Å². The van der Waals surface area contributed by atoms with Crippen molar-refractivity contribution in [2.45, 2.75) is 50.6 Å². The van der Waals surface area contributed by atoms with Gasteiger partial charge in [-0.1, -0.05) is 17.9 Å². The van der Waals surface area contributed by atoms with Gasteiger partial charge in [0.05, 0.1) is 5.56 Å². The van der Waals surface area contributed by atoms with Crippen LogP contribution < -0.4 is 4.74 Å². The van der Waals surface area contributed by atoms with Gasteiger partial charge in [0.15, 0.2) is 11.6 Å². The van der Waals surface area contributed by atoms with E-state index in [0.717, 1.165) is 23.8 Å². The first-order valence-corrected chi connectivity index (χ1v) is 9.08. The molecular weight excluding hydrogens is 394 g/mol. The highest BCUT2D eigenvalue weighted by atomic mass is 19.4. The minimum Gasteiger partial charge on any atom is -0.403 e. The van der Waals surface area contributed by atoms with Crippen molar-refractivity contribution >= 4 is 0 Å². The lowest BCUT2D eigenvalue weighted by molar-refractivity contribution is -0.275. The first kappa shape index (κ1) is 21.1. The molecule has 2 aromatic carbocycles. The fourth-order valence-electron chi connectivity index (χ4n) is 3.37. The standard InChI is InChI=1S/C22H18F6O/c1-21(25)10-8-15(9-11-21)17-6-5-16(18(23)13-17)4-2-14-3-7-20(19(24)12-14)29-22(26,27)28/h3,5-7,12-13,15H,8-11H2,1H3. The van der Waals surface area contributed by atoms with Crippen molar-refractivity contribution in [2.24, 2.45) is 0 Å². The first-order chi connectivity index (χ1) is 13.5. The minimum absolute atomic E-state index is 0.0787. The van der Waals surface area contributed by atoms with Crippen LogP contribution >= 0.6 is 0 Å². The molecule has 3 rings (SSSR count). The summed E-state index contributed by atoms with van der Waals surface area (Å²) in [7, 11) is 0. The van der Waals surface area contributed by atoms with Crippen molar-refractivity contribution in [3.8, 4) is 17.6 Å². The molecule has 1 saturated carbocycles. The van der Waals surface area contributed by atoms with Crippen LogP contribution in [0, 0.1) is 23.5 Å². The van der Waals surface area contributed by atoms with Crippen LogP contribution in [0.1, 0.15) is 55.2 Å². The van der Waals surface area contributed by atoms with Crippen molar-refractivity contribution in [3.63, 3.8) is 0 Å². The van der Waals surface area contributed by atoms with Crippen molar-refractivity contribution in [2.75, 3.05) is 0 Å². The molecule has 0 saturated heterocycles. The van der Waals surface area contributed by atoms with Crippen LogP contribution in [0.15, 0.2) is 36.4 Å². The Kier molecular flexibility index (Phi) is 5.83. The quantitative estimate of drug-likeness (QED) is 0.396. The summed E-state index contributed by atoms with van der Waals surface area (Å²) in [6.07, 6.45) is -2.85. The van der Waals surface area contributed by atoms with Crippen molar-refractivity contribution in [3.05, 3.63) is 64.7 Å². The summed E-state index contributed by atoms with van der Waals surface area (Å²) in [6, 6.07) is 7.36. The lowest BCUT2D eigenvalue weighted by Gasteiger charge is -2.31. The third-order valence-corrected chi connectivity index (χ3v) is 4.99. The Morgan fingerprint density at radius 2 is 1.66 bits per heavy atom. The Labute approximate surface area is 164 Å². The molecule has 0 N–H and O–H groups in total. The summed E-state index contributed by atoms with van der Waals surface area (Å²) in [5, 5.41) is 0. The minimum atomic E-state index is -5.00. The Morgan fingerprint density at radius 1 is 0.966 bits per heavy atom. The number of benzene rings is 2. The summed E-state index contributed by atoms with van der Waals surface area (Å²) in [5.41, 5.74) is -0.231. The highest BCUT2D eigenvalue weighted by molar-refractivity contribution is 5.46. The maximum atomic E-state index is 14.4. The molecule has 0 amide bonds. The lowest BCUT2D eigenvalue weighted by Crippen LogP contribution is -2.25. The molecule has 1 fully saturated rings. The fraction of sp³-hybridized carbons (Fsp3) is 0.364. The average Bonchev–Trinajstić information content (AvgIpc) is 2.62. The average molecular weight is 412 g/mol. The predicted molar refractivity (Wildman–Crippen MR) is 96.2 cm³/mol. The Balaban J connectivity index is 1.73. The van der Waals surface area contributed by atoms with Gasteiger partial charge in [-0.2, -0.15) is 0 Å². The van der Waals surface area contributed by atoms with E-state index < -0.39 is 29.4 Å². The van der Waals surface area contributed by atoms with E-state index in [1.54, 1.807) is 13.0 Å². The summed E-state index contributed by atoms with van der Waals surface area (Å²) in [4.78, 5) is 0. The third-order valence-electron chi connectivity index (χ3n) is 4.99. The van der Waals surface area contributed by atoms with Gasteiger partial charge in [0.25, 0.3) is 0 Å². The normalized spacial score (nSPS) is 22.0. The summed E-state index contributed by atoms with van der Waals surface area (Å²) in [5.74, 6) is 2.43. The molecule has 0 spiro atoms. The van der Waals surface area contributed by atoms with Gasteiger partial charge in [0.1, 0.15) is 11.5 Å². The second-order valence-corrected chi connectivity index (χ2v) is 7.37. The number of rotatable bonds is 2. The molecule has 1 aliphatic carbocycles. The van der Waals surface area contributed by atoms with Gasteiger partial charge < -0.3 is 4.74 Å². The van der Waals surface area contributed by atoms with Crippen LogP contribution in [-0.2, 0) is 0 Å². The number of ether oxygens (including phenoxy) is 1. The molecule has 0 heterocycles. The number of halogens is 6. The van der Waals surface area contributed by atoms with Crippen LogP contribution in [0.4, 0.5) is 26.3 Å². The fourth-order valence-corrected chi connectivity index (χ4v) is 3.37. The monoisotopic (exact) mass is 412 g/mol. The van der Waals surface area contributed by atoms with Crippen LogP contribution in [-0.4, -0.2) is 12.0 Å². The summed E-state index contributed by atoms with van der Waals surface area (Å²) in [6.45, 7) is 1.58. The second kappa shape index (κ2) is 8.02. The molecule has 0 bridgehead atoms. The van der Waals surface area contributed by atoms with E-state index in [1.165, 1.54) is 12.1 Å². The van der Waals surface area contributed by atoms with Crippen LogP contribution in [0.2, 0.25) is 0 Å².